The molecule has 1 N–H and O–H groups in total. The van der Waals surface area contributed by atoms with Gasteiger partial charge >= 0.3 is 5.97 Å². The molecule has 0 saturated carbocycles. The smallest absolute Gasteiger partial charge is 0.307 e. The van der Waals surface area contributed by atoms with Gasteiger partial charge in [0.05, 0.1) is 18.1 Å². The van der Waals surface area contributed by atoms with Gasteiger partial charge in [-0.15, -0.1) is 0 Å². The third-order valence-electron chi connectivity index (χ3n) is 1.53. The highest BCUT2D eigenvalue weighted by Crippen LogP contribution is 2.16. The maximum atomic E-state index is 10.4. The van der Waals surface area contributed by atoms with E-state index in [4.69, 9.17) is 10.4 Å². The van der Waals surface area contributed by atoms with Gasteiger partial charge in [-0.25, -0.2) is 0 Å². The van der Waals surface area contributed by atoms with Gasteiger partial charge in [0, 0.05) is 4.47 Å². The van der Waals surface area contributed by atoms with Gasteiger partial charge in [-0.05, 0) is 17.7 Å². The number of nitriles is 1. The zero-order valence-electron chi connectivity index (χ0n) is 6.62. The Morgan fingerprint density at radius 2 is 2.31 bits per heavy atom. The van der Waals surface area contributed by atoms with Crippen LogP contribution in [0.2, 0.25) is 0 Å². The van der Waals surface area contributed by atoms with E-state index in [-0.39, 0.29) is 6.42 Å². The number of benzene rings is 1. The number of halogens is 1. The number of carboxylic acids is 1. The van der Waals surface area contributed by atoms with Gasteiger partial charge in [0.1, 0.15) is 0 Å². The molecule has 0 aliphatic rings. The van der Waals surface area contributed by atoms with Crippen LogP contribution in [0.1, 0.15) is 11.1 Å². The average molecular weight is 240 g/mol. The van der Waals surface area contributed by atoms with E-state index in [0.29, 0.717) is 11.1 Å². The first-order chi connectivity index (χ1) is 6.13. The minimum atomic E-state index is -0.932. The van der Waals surface area contributed by atoms with Gasteiger partial charge in [-0.3, -0.25) is 4.79 Å². The highest BCUT2D eigenvalue weighted by atomic mass is 79.9. The van der Waals surface area contributed by atoms with Crippen molar-refractivity contribution >= 4 is 21.9 Å². The maximum Gasteiger partial charge on any atom is 0.307 e. The molecule has 0 aliphatic heterocycles. The third kappa shape index (κ3) is 2.56. The largest absolute Gasteiger partial charge is 0.481 e. The molecule has 3 nitrogen and oxygen atoms in total. The van der Waals surface area contributed by atoms with E-state index in [1.165, 1.54) is 0 Å². The summed E-state index contributed by atoms with van der Waals surface area (Å²) in [5.41, 5.74) is 0.940. The average Bonchev–Trinajstić information content (AvgIpc) is 2.07. The summed E-state index contributed by atoms with van der Waals surface area (Å²) in [5.74, 6) is -0.932. The van der Waals surface area contributed by atoms with Crippen LogP contribution in [0.5, 0.6) is 0 Å². The van der Waals surface area contributed by atoms with E-state index in [1.54, 1.807) is 18.2 Å². The van der Waals surface area contributed by atoms with Crippen molar-refractivity contribution < 1.29 is 9.90 Å². The Labute approximate surface area is 83.7 Å². The molecule has 0 aromatic heterocycles. The highest BCUT2D eigenvalue weighted by Gasteiger charge is 2.06. The third-order valence-corrected chi connectivity index (χ3v) is 2.03. The van der Waals surface area contributed by atoms with Crippen molar-refractivity contribution in [2.24, 2.45) is 0 Å². The molecule has 0 fully saturated rings. The monoisotopic (exact) mass is 239 g/mol. The lowest BCUT2D eigenvalue weighted by Gasteiger charge is -2.00. The molecule has 0 atom stereocenters. The van der Waals surface area contributed by atoms with Gasteiger partial charge in [0.25, 0.3) is 0 Å². The van der Waals surface area contributed by atoms with Crippen molar-refractivity contribution in [3.8, 4) is 6.07 Å². The second kappa shape index (κ2) is 4.06. The van der Waals surface area contributed by atoms with E-state index in [0.717, 1.165) is 4.47 Å². The molecule has 0 saturated heterocycles. The van der Waals surface area contributed by atoms with E-state index in [9.17, 15) is 4.79 Å². The number of hydrogen-bond donors (Lipinski definition) is 1. The van der Waals surface area contributed by atoms with Gasteiger partial charge in [0.15, 0.2) is 0 Å². The maximum absolute atomic E-state index is 10.4. The summed E-state index contributed by atoms with van der Waals surface area (Å²) < 4.78 is 0.776. The van der Waals surface area contributed by atoms with Crippen LogP contribution in [0.4, 0.5) is 0 Å². The molecule has 0 aliphatic carbocycles. The number of aliphatic carboxylic acids is 1. The molecule has 0 spiro atoms. The molecule has 0 amide bonds. The quantitative estimate of drug-likeness (QED) is 0.859. The fourth-order valence-corrected chi connectivity index (χ4v) is 1.33. The molecule has 1 aromatic rings. The molecule has 4 heteroatoms. The highest BCUT2D eigenvalue weighted by molar-refractivity contribution is 9.10. The van der Waals surface area contributed by atoms with Crippen LogP contribution in [0.15, 0.2) is 22.7 Å². The van der Waals surface area contributed by atoms with Crippen LogP contribution in [0.25, 0.3) is 0 Å². The Hall–Kier alpha value is -1.34. The van der Waals surface area contributed by atoms with Crippen molar-refractivity contribution in [3.63, 3.8) is 0 Å². The fourth-order valence-electron chi connectivity index (χ4n) is 0.970. The lowest BCUT2D eigenvalue weighted by Crippen LogP contribution is -2.01. The Bertz CT molecular complexity index is 382. The normalized spacial score (nSPS) is 9.23. The molecule has 0 heterocycles. The zero-order valence-corrected chi connectivity index (χ0v) is 8.21. The molecule has 1 rings (SSSR count). The Balaban J connectivity index is 3.08. The summed E-state index contributed by atoms with van der Waals surface area (Å²) in [6.45, 7) is 0. The van der Waals surface area contributed by atoms with E-state index in [1.807, 2.05) is 6.07 Å². The zero-order chi connectivity index (χ0) is 9.84. The van der Waals surface area contributed by atoms with Crippen LogP contribution >= 0.6 is 15.9 Å². The number of nitrogens with zero attached hydrogens (tertiary/aromatic N) is 1. The summed E-state index contributed by atoms with van der Waals surface area (Å²) in [6, 6.07) is 6.91. The molecule has 0 radical (unpaired) electrons. The Morgan fingerprint density at radius 3 is 2.85 bits per heavy atom. The molecule has 66 valence electrons. The minimum Gasteiger partial charge on any atom is -0.481 e. The van der Waals surface area contributed by atoms with Gasteiger partial charge in [-0.1, -0.05) is 22.0 Å². The van der Waals surface area contributed by atoms with Crippen molar-refractivity contribution in [3.05, 3.63) is 33.8 Å². The van der Waals surface area contributed by atoms with Crippen LogP contribution in [0.3, 0.4) is 0 Å². The Morgan fingerprint density at radius 1 is 1.62 bits per heavy atom. The SMILES string of the molecule is N#Cc1cc(Br)ccc1CC(=O)O. The molecule has 13 heavy (non-hydrogen) atoms. The van der Waals surface area contributed by atoms with Crippen LogP contribution in [-0.2, 0) is 11.2 Å². The van der Waals surface area contributed by atoms with Crippen molar-refractivity contribution in [1.29, 1.82) is 5.26 Å². The van der Waals surface area contributed by atoms with E-state index in [2.05, 4.69) is 15.9 Å². The number of carbonyl (C=O) groups is 1. The predicted molar refractivity (Wildman–Crippen MR) is 50.2 cm³/mol. The number of rotatable bonds is 2. The second-order valence-electron chi connectivity index (χ2n) is 2.48. The number of carboxylic acid groups (broad SMARTS) is 1. The summed E-state index contributed by atoms with van der Waals surface area (Å²) in [7, 11) is 0. The Kier molecular flexibility index (Phi) is 3.04. The minimum absolute atomic E-state index is 0.115. The standard InChI is InChI=1S/C9H6BrNO2/c10-8-2-1-6(4-9(12)13)7(3-8)5-11/h1-3H,4H2,(H,12,13). The first kappa shape index (κ1) is 9.75. The van der Waals surface area contributed by atoms with Gasteiger partial charge in [0.2, 0.25) is 0 Å². The van der Waals surface area contributed by atoms with Crippen LogP contribution in [0, 0.1) is 11.3 Å². The van der Waals surface area contributed by atoms with E-state index >= 15 is 0 Å². The number of hydrogen-bond acceptors (Lipinski definition) is 2. The lowest BCUT2D eigenvalue weighted by atomic mass is 10.1. The summed E-state index contributed by atoms with van der Waals surface area (Å²) >= 11 is 3.20. The molecular weight excluding hydrogens is 234 g/mol. The van der Waals surface area contributed by atoms with Crippen molar-refractivity contribution in [1.82, 2.24) is 0 Å². The predicted octanol–water partition coefficient (Wildman–Crippen LogP) is 1.95. The van der Waals surface area contributed by atoms with Crippen molar-refractivity contribution in [2.45, 2.75) is 6.42 Å². The first-order valence-electron chi connectivity index (χ1n) is 3.54. The molecule has 0 unspecified atom stereocenters. The van der Waals surface area contributed by atoms with Crippen LogP contribution in [-0.4, -0.2) is 11.1 Å². The first-order valence-corrected chi connectivity index (χ1v) is 4.33. The van der Waals surface area contributed by atoms with Crippen LogP contribution < -0.4 is 0 Å². The molecular formula is C9H6BrNO2. The summed E-state index contributed by atoms with van der Waals surface area (Å²) in [5, 5.41) is 17.2. The van der Waals surface area contributed by atoms with Crippen molar-refractivity contribution in [2.75, 3.05) is 0 Å². The second-order valence-corrected chi connectivity index (χ2v) is 3.40. The molecule has 1 aromatic carbocycles. The van der Waals surface area contributed by atoms with Gasteiger partial charge < -0.3 is 5.11 Å². The summed E-state index contributed by atoms with van der Waals surface area (Å²) in [4.78, 5) is 10.4. The van der Waals surface area contributed by atoms with Gasteiger partial charge in [-0.2, -0.15) is 5.26 Å². The molecule has 0 bridgehead atoms. The summed E-state index contributed by atoms with van der Waals surface area (Å²) in [6.07, 6.45) is -0.115. The van der Waals surface area contributed by atoms with E-state index < -0.39 is 5.97 Å². The fraction of sp³-hybridized carbons (Fsp3) is 0.111. The lowest BCUT2D eigenvalue weighted by molar-refractivity contribution is -0.136. The topological polar surface area (TPSA) is 61.1 Å².